The van der Waals surface area contributed by atoms with Gasteiger partial charge >= 0.3 is 11.9 Å². The summed E-state index contributed by atoms with van der Waals surface area (Å²) < 4.78 is 12.0. The Balaban J connectivity index is 1.54. The van der Waals surface area contributed by atoms with Gasteiger partial charge in [-0.1, -0.05) is 44.3 Å². The molecule has 0 aromatic rings. The molecule has 2 aliphatic carbocycles. The van der Waals surface area contributed by atoms with E-state index in [4.69, 9.17) is 20.9 Å². The van der Waals surface area contributed by atoms with Crippen LogP contribution in [0.25, 0.3) is 0 Å². The summed E-state index contributed by atoms with van der Waals surface area (Å²) in [6.45, 7) is 6.19. The summed E-state index contributed by atoms with van der Waals surface area (Å²) in [5.74, 6) is -0.847. The Morgan fingerprint density at radius 2 is 1.98 bits per heavy atom. The Labute approximate surface area is 256 Å². The molecule has 0 bridgehead atoms. The van der Waals surface area contributed by atoms with E-state index in [1.807, 2.05) is 20.0 Å². The number of ketones is 2. The van der Waals surface area contributed by atoms with Crippen molar-refractivity contribution in [2.24, 2.45) is 35.1 Å². The quantitative estimate of drug-likeness (QED) is 0.0327. The van der Waals surface area contributed by atoms with Gasteiger partial charge in [-0.15, -0.1) is 0 Å². The largest absolute Gasteiger partial charge is 0.463 e. The fraction of sp³-hybridized carbons (Fsp3) is 0.812. The van der Waals surface area contributed by atoms with Gasteiger partial charge in [0.25, 0.3) is 5.60 Å². The Morgan fingerprint density at radius 1 is 1.26 bits per heavy atom. The van der Waals surface area contributed by atoms with Gasteiger partial charge in [0.15, 0.2) is 17.2 Å². The standard InChI is InChI=1S/C32H54N6O5/c1-5-6-9-21(18-35-3)19-42-29(41)32-28(40)24-11-8-7-10-23(24)27(39)31(32,43-32)14-12-20(2)16-25(38-30(34)36-4)22-13-15-37-26(33)17-22/h12,21-26,35,37H,5-11,13-19,33H2,1-4H3,(H3,34,36,38)/p+3. The predicted molar refractivity (Wildman–Crippen MR) is 162 cm³/mol. The highest BCUT2D eigenvalue weighted by Crippen LogP contribution is 2.61. The van der Waals surface area contributed by atoms with Crippen LogP contribution >= 0.6 is 0 Å². The number of nitrogens with two attached hydrogens (primary N) is 4. The summed E-state index contributed by atoms with van der Waals surface area (Å²) in [5.41, 5.74) is 10.1. The number of fused-ring (bicyclic) bond motifs is 2. The minimum absolute atomic E-state index is 0.0534. The summed E-state index contributed by atoms with van der Waals surface area (Å²) in [6.07, 6.45) is 10.9. The molecule has 4 aliphatic rings. The van der Waals surface area contributed by atoms with E-state index in [0.717, 1.165) is 63.6 Å². The van der Waals surface area contributed by atoms with Crippen LogP contribution in [0.1, 0.15) is 84.5 Å². The lowest BCUT2D eigenvalue weighted by molar-refractivity contribution is -0.699. The van der Waals surface area contributed by atoms with Crippen molar-refractivity contribution < 1.29 is 39.5 Å². The molecule has 11 heteroatoms. The molecule has 43 heavy (non-hydrogen) atoms. The summed E-state index contributed by atoms with van der Waals surface area (Å²) >= 11 is 0. The number of rotatable bonds is 14. The number of hydrogen-bond donors (Lipinski definition) is 6. The Morgan fingerprint density at radius 3 is 2.63 bits per heavy atom. The molecule has 0 spiro atoms. The Hall–Kier alpha value is -2.34. The van der Waals surface area contributed by atoms with Crippen molar-refractivity contribution in [2.75, 3.05) is 33.8 Å². The summed E-state index contributed by atoms with van der Waals surface area (Å²) in [5, 5.41) is 7.67. The topological polar surface area (TPSA) is 184 Å². The van der Waals surface area contributed by atoms with E-state index < -0.39 is 23.1 Å². The van der Waals surface area contributed by atoms with Crippen molar-refractivity contribution >= 4 is 23.5 Å². The number of hydrogen-bond acceptors (Lipinski definition) is 6. The van der Waals surface area contributed by atoms with Crippen molar-refractivity contribution in [3.05, 3.63) is 11.6 Å². The molecule has 2 aliphatic heterocycles. The number of carbonyl (C=O) groups excluding carboxylic acids is 3. The molecule has 0 aromatic heterocycles. The number of piperidine rings is 1. The summed E-state index contributed by atoms with van der Waals surface area (Å²) in [4.78, 5) is 44.9. The van der Waals surface area contributed by atoms with Crippen LogP contribution in [0, 0.1) is 23.7 Å². The first kappa shape index (κ1) is 33.6. The van der Waals surface area contributed by atoms with Crippen molar-refractivity contribution in [2.45, 2.75) is 108 Å². The normalized spacial score (nSPS) is 34.2. The summed E-state index contributed by atoms with van der Waals surface area (Å²) in [7, 11) is 3.78. The lowest BCUT2D eigenvalue weighted by Crippen LogP contribution is -2.95. The van der Waals surface area contributed by atoms with Crippen LogP contribution in [0.4, 0.5) is 0 Å². The second kappa shape index (κ2) is 14.6. The highest BCUT2D eigenvalue weighted by atomic mass is 16.7. The van der Waals surface area contributed by atoms with Gasteiger partial charge in [-0.25, -0.2) is 4.79 Å². The third-order valence-corrected chi connectivity index (χ3v) is 10.4. The molecule has 8 unspecified atom stereocenters. The molecule has 10 N–H and O–H groups in total. The van der Waals surface area contributed by atoms with E-state index in [1.54, 1.807) is 7.05 Å². The fourth-order valence-corrected chi connectivity index (χ4v) is 7.82. The highest BCUT2D eigenvalue weighted by molar-refractivity contribution is 6.23. The van der Waals surface area contributed by atoms with Gasteiger partial charge in [-0.3, -0.25) is 31.4 Å². The molecule has 4 rings (SSSR count). The third-order valence-electron chi connectivity index (χ3n) is 10.4. The number of epoxide rings is 1. The molecule has 2 saturated heterocycles. The van der Waals surface area contributed by atoms with E-state index in [-0.39, 0.29) is 48.6 Å². The van der Waals surface area contributed by atoms with Gasteiger partial charge in [0.05, 0.1) is 39.8 Å². The SMILES string of the molecule is CCCCC(C[NH2+]C)COC(=O)C12OC1(CC=C(C)CC(NC(N)=[NH+]C)C1CC[NH2+]C(N)C1)C(=O)C1CCCCC1C2=O. The van der Waals surface area contributed by atoms with E-state index in [0.29, 0.717) is 31.1 Å². The maximum atomic E-state index is 14.1. The number of quaternary nitrogens is 2. The third kappa shape index (κ3) is 7.00. The molecule has 8 atom stereocenters. The molecule has 2 saturated carbocycles. The predicted octanol–water partition coefficient (Wildman–Crippen LogP) is -2.04. The van der Waals surface area contributed by atoms with E-state index in [2.05, 4.69) is 27.9 Å². The average Bonchev–Trinajstić information content (AvgIpc) is 3.72. The number of esters is 1. The van der Waals surface area contributed by atoms with Crippen molar-refractivity contribution in [1.82, 2.24) is 5.32 Å². The molecular weight excluding hydrogens is 548 g/mol. The maximum Gasteiger partial charge on any atom is 0.350 e. The van der Waals surface area contributed by atoms with Crippen LogP contribution < -0.4 is 32.4 Å². The van der Waals surface area contributed by atoms with E-state index in [1.165, 1.54) is 0 Å². The second-order valence-electron chi connectivity index (χ2n) is 13.4. The van der Waals surface area contributed by atoms with Gasteiger partial charge in [0.2, 0.25) is 0 Å². The fourth-order valence-electron chi connectivity index (χ4n) is 7.82. The van der Waals surface area contributed by atoms with E-state index in [9.17, 15) is 14.4 Å². The molecule has 242 valence electrons. The van der Waals surface area contributed by atoms with Crippen LogP contribution in [-0.4, -0.2) is 80.7 Å². The van der Waals surface area contributed by atoms with Crippen molar-refractivity contribution in [1.29, 1.82) is 0 Å². The molecule has 11 nitrogen and oxygen atoms in total. The number of carbonyl (C=O) groups is 3. The zero-order chi connectivity index (χ0) is 31.2. The van der Waals surface area contributed by atoms with Gasteiger partial charge in [-0.05, 0) is 26.2 Å². The molecule has 0 aromatic carbocycles. The van der Waals surface area contributed by atoms with Gasteiger partial charge in [0.1, 0.15) is 6.17 Å². The zero-order valence-corrected chi connectivity index (χ0v) is 26.8. The maximum absolute atomic E-state index is 14.1. The number of guanidine groups is 1. The Kier molecular flexibility index (Phi) is 11.4. The summed E-state index contributed by atoms with van der Waals surface area (Å²) in [6, 6.07) is 0.0534. The Bertz CT molecular complexity index is 1080. The lowest BCUT2D eigenvalue weighted by atomic mass is 9.61. The number of Topliss-reactive ketones (excluding diaryl/α,β-unsaturated/α-hetero) is 2. The van der Waals surface area contributed by atoms with Crippen molar-refractivity contribution in [3.63, 3.8) is 0 Å². The number of unbranched alkanes of at least 4 members (excludes halogenated alkanes) is 1. The highest BCUT2D eigenvalue weighted by Gasteiger charge is 2.86. The van der Waals surface area contributed by atoms with Gasteiger partial charge in [-0.2, -0.15) is 0 Å². The second-order valence-corrected chi connectivity index (χ2v) is 13.4. The monoisotopic (exact) mass is 605 g/mol. The van der Waals surface area contributed by atoms with Gasteiger partial charge < -0.3 is 20.1 Å². The lowest BCUT2D eigenvalue weighted by Gasteiger charge is -2.36. The molecule has 4 fully saturated rings. The number of ether oxygens (including phenoxy) is 2. The van der Waals surface area contributed by atoms with E-state index >= 15 is 0 Å². The van der Waals surface area contributed by atoms with Crippen LogP contribution in [0.5, 0.6) is 0 Å². The zero-order valence-electron chi connectivity index (χ0n) is 26.8. The molecule has 2 heterocycles. The van der Waals surface area contributed by atoms with Crippen molar-refractivity contribution in [3.8, 4) is 0 Å². The van der Waals surface area contributed by atoms with Gasteiger partial charge in [0, 0.05) is 49.4 Å². The minimum atomic E-state index is -1.82. The average molecular weight is 606 g/mol. The van der Waals surface area contributed by atoms with Crippen LogP contribution in [0.3, 0.4) is 0 Å². The first-order chi connectivity index (χ1) is 20.6. The first-order valence-corrected chi connectivity index (χ1v) is 16.7. The molecular formula is C32H57N6O5+3. The van der Waals surface area contributed by atoms with Crippen LogP contribution in [0.15, 0.2) is 11.6 Å². The smallest absolute Gasteiger partial charge is 0.350 e. The van der Waals surface area contributed by atoms with Crippen LogP contribution in [0.2, 0.25) is 0 Å². The van der Waals surface area contributed by atoms with Crippen LogP contribution in [-0.2, 0) is 23.9 Å². The first-order valence-electron chi connectivity index (χ1n) is 16.7. The molecule has 0 amide bonds. The minimum Gasteiger partial charge on any atom is -0.463 e. The number of nitrogens with one attached hydrogen (secondary N) is 2. The molecule has 0 radical (unpaired) electrons.